The van der Waals surface area contributed by atoms with Crippen LogP contribution in [0.1, 0.15) is 11.1 Å². The lowest BCUT2D eigenvalue weighted by atomic mass is 10.1. The SMILES string of the molecule is O=C1OC(c2ccccc2)=NC1Cc1ccc(Cl)cc1. The number of carbonyl (C=O) groups is 1. The van der Waals surface area contributed by atoms with Gasteiger partial charge < -0.3 is 4.74 Å². The first-order chi connectivity index (χ1) is 9.72. The maximum Gasteiger partial charge on any atom is 0.338 e. The zero-order valence-corrected chi connectivity index (χ0v) is 11.4. The molecule has 4 heteroatoms. The third kappa shape index (κ3) is 2.73. The number of rotatable bonds is 3. The Morgan fingerprint density at radius 3 is 2.45 bits per heavy atom. The molecule has 0 fully saturated rings. The normalized spacial score (nSPS) is 17.8. The van der Waals surface area contributed by atoms with Gasteiger partial charge in [-0.2, -0.15) is 0 Å². The first kappa shape index (κ1) is 12.9. The van der Waals surface area contributed by atoms with E-state index in [2.05, 4.69) is 4.99 Å². The van der Waals surface area contributed by atoms with Crippen LogP contribution >= 0.6 is 11.6 Å². The summed E-state index contributed by atoms with van der Waals surface area (Å²) in [4.78, 5) is 16.2. The third-order valence-corrected chi connectivity index (χ3v) is 3.36. The Kier molecular flexibility index (Phi) is 3.52. The van der Waals surface area contributed by atoms with Crippen LogP contribution in [0.2, 0.25) is 5.02 Å². The smallest absolute Gasteiger partial charge is 0.338 e. The second-order valence-corrected chi connectivity index (χ2v) is 5.00. The van der Waals surface area contributed by atoms with Gasteiger partial charge in [0.1, 0.15) is 0 Å². The number of cyclic esters (lactones) is 1. The van der Waals surface area contributed by atoms with E-state index in [0.717, 1.165) is 11.1 Å². The molecule has 1 unspecified atom stereocenters. The summed E-state index contributed by atoms with van der Waals surface area (Å²) in [6, 6.07) is 16.3. The molecule has 1 atom stereocenters. The summed E-state index contributed by atoms with van der Waals surface area (Å²) in [7, 11) is 0. The Labute approximate surface area is 121 Å². The Hall–Kier alpha value is -2.13. The molecule has 100 valence electrons. The van der Waals surface area contributed by atoms with Crippen LogP contribution in [0.4, 0.5) is 0 Å². The van der Waals surface area contributed by atoms with Crippen LogP contribution in [-0.4, -0.2) is 17.9 Å². The first-order valence-corrected chi connectivity index (χ1v) is 6.69. The van der Waals surface area contributed by atoms with Crippen molar-refractivity contribution in [3.63, 3.8) is 0 Å². The number of aliphatic imine (C=N–C) groups is 1. The van der Waals surface area contributed by atoms with Crippen LogP contribution in [0.3, 0.4) is 0 Å². The molecule has 2 aromatic rings. The molecule has 3 rings (SSSR count). The van der Waals surface area contributed by atoms with Gasteiger partial charge in [-0.25, -0.2) is 9.79 Å². The maximum absolute atomic E-state index is 11.9. The summed E-state index contributed by atoms with van der Waals surface area (Å²) < 4.78 is 5.24. The number of hydrogen-bond donors (Lipinski definition) is 0. The predicted molar refractivity (Wildman–Crippen MR) is 78.0 cm³/mol. The molecule has 1 aliphatic heterocycles. The van der Waals surface area contributed by atoms with Gasteiger partial charge in [0.2, 0.25) is 5.90 Å². The third-order valence-electron chi connectivity index (χ3n) is 3.11. The fourth-order valence-corrected chi connectivity index (χ4v) is 2.20. The van der Waals surface area contributed by atoms with Crippen LogP contribution in [0, 0.1) is 0 Å². The van der Waals surface area contributed by atoms with Crippen molar-refractivity contribution in [2.75, 3.05) is 0 Å². The molecule has 0 spiro atoms. The Bertz CT molecular complexity index is 650. The molecule has 0 radical (unpaired) electrons. The van der Waals surface area contributed by atoms with Crippen LogP contribution in [0.25, 0.3) is 0 Å². The Morgan fingerprint density at radius 2 is 1.75 bits per heavy atom. The van der Waals surface area contributed by atoms with Crippen molar-refractivity contribution in [3.05, 3.63) is 70.7 Å². The molecule has 0 saturated heterocycles. The van der Waals surface area contributed by atoms with E-state index in [1.165, 1.54) is 0 Å². The van der Waals surface area contributed by atoms with Gasteiger partial charge in [-0.05, 0) is 29.8 Å². The van der Waals surface area contributed by atoms with E-state index >= 15 is 0 Å². The summed E-state index contributed by atoms with van der Waals surface area (Å²) in [5, 5.41) is 0.677. The molecule has 0 aliphatic carbocycles. The fourth-order valence-electron chi connectivity index (χ4n) is 2.07. The first-order valence-electron chi connectivity index (χ1n) is 6.32. The van der Waals surface area contributed by atoms with Gasteiger partial charge in [-0.1, -0.05) is 41.9 Å². The van der Waals surface area contributed by atoms with E-state index in [1.807, 2.05) is 42.5 Å². The number of halogens is 1. The molecule has 2 aromatic carbocycles. The number of benzene rings is 2. The highest BCUT2D eigenvalue weighted by molar-refractivity contribution is 6.30. The van der Waals surface area contributed by atoms with Gasteiger partial charge >= 0.3 is 5.97 Å². The average Bonchev–Trinajstić information content (AvgIpc) is 2.84. The minimum absolute atomic E-state index is 0.307. The number of hydrogen-bond acceptors (Lipinski definition) is 3. The topological polar surface area (TPSA) is 38.7 Å². The molecule has 1 heterocycles. The second kappa shape index (κ2) is 5.47. The standard InChI is InChI=1S/C16H12ClNO2/c17-13-8-6-11(7-9-13)10-14-16(19)20-15(18-14)12-4-2-1-3-5-12/h1-9,14H,10H2. The van der Waals surface area contributed by atoms with E-state index < -0.39 is 6.04 Å². The summed E-state index contributed by atoms with van der Waals surface area (Å²) in [5.74, 6) is 0.0911. The Balaban J connectivity index is 1.79. The zero-order valence-electron chi connectivity index (χ0n) is 10.6. The van der Waals surface area contributed by atoms with Crippen molar-refractivity contribution in [2.45, 2.75) is 12.5 Å². The summed E-state index contributed by atoms with van der Waals surface area (Å²) in [5.41, 5.74) is 1.83. The maximum atomic E-state index is 11.9. The lowest BCUT2D eigenvalue weighted by molar-refractivity contribution is -0.134. The predicted octanol–water partition coefficient (Wildman–Crippen LogP) is 3.25. The van der Waals surface area contributed by atoms with Gasteiger partial charge in [-0.3, -0.25) is 0 Å². The van der Waals surface area contributed by atoms with E-state index in [-0.39, 0.29) is 5.97 Å². The van der Waals surface area contributed by atoms with Gasteiger partial charge in [0.15, 0.2) is 6.04 Å². The van der Waals surface area contributed by atoms with Crippen LogP contribution in [-0.2, 0) is 16.0 Å². The van der Waals surface area contributed by atoms with Crippen LogP contribution in [0.5, 0.6) is 0 Å². The largest absolute Gasteiger partial charge is 0.406 e. The lowest BCUT2D eigenvalue weighted by Crippen LogP contribution is -2.17. The van der Waals surface area contributed by atoms with E-state index in [4.69, 9.17) is 16.3 Å². The molecule has 1 aliphatic rings. The molecule has 0 amide bonds. The lowest BCUT2D eigenvalue weighted by Gasteiger charge is -2.03. The highest BCUT2D eigenvalue weighted by Gasteiger charge is 2.29. The van der Waals surface area contributed by atoms with Crippen molar-refractivity contribution < 1.29 is 9.53 Å². The fraction of sp³-hybridized carbons (Fsp3) is 0.125. The highest BCUT2D eigenvalue weighted by Crippen LogP contribution is 2.18. The number of esters is 1. The van der Waals surface area contributed by atoms with E-state index in [1.54, 1.807) is 12.1 Å². The van der Waals surface area contributed by atoms with Crippen LogP contribution < -0.4 is 0 Å². The van der Waals surface area contributed by atoms with Crippen molar-refractivity contribution in [1.82, 2.24) is 0 Å². The quantitative estimate of drug-likeness (QED) is 0.812. The number of carbonyl (C=O) groups excluding carboxylic acids is 1. The van der Waals surface area contributed by atoms with E-state index in [0.29, 0.717) is 17.3 Å². The van der Waals surface area contributed by atoms with Crippen molar-refractivity contribution in [2.24, 2.45) is 4.99 Å². The molecule has 0 bridgehead atoms. The molecule has 3 nitrogen and oxygen atoms in total. The zero-order chi connectivity index (χ0) is 13.9. The summed E-state index contributed by atoms with van der Waals surface area (Å²) in [6.45, 7) is 0. The van der Waals surface area contributed by atoms with Gasteiger partial charge in [0, 0.05) is 17.0 Å². The molecule has 0 N–H and O–H groups in total. The molecule has 20 heavy (non-hydrogen) atoms. The second-order valence-electron chi connectivity index (χ2n) is 4.57. The van der Waals surface area contributed by atoms with Crippen molar-refractivity contribution in [1.29, 1.82) is 0 Å². The molecular weight excluding hydrogens is 274 g/mol. The van der Waals surface area contributed by atoms with E-state index in [9.17, 15) is 4.79 Å². The minimum Gasteiger partial charge on any atom is -0.406 e. The van der Waals surface area contributed by atoms with Gasteiger partial charge in [0.25, 0.3) is 0 Å². The van der Waals surface area contributed by atoms with Gasteiger partial charge in [0.05, 0.1) is 0 Å². The molecule has 0 aromatic heterocycles. The number of nitrogens with zero attached hydrogens (tertiary/aromatic N) is 1. The highest BCUT2D eigenvalue weighted by atomic mass is 35.5. The Morgan fingerprint density at radius 1 is 1.05 bits per heavy atom. The number of ether oxygens (including phenoxy) is 1. The van der Waals surface area contributed by atoms with Crippen LogP contribution in [0.15, 0.2) is 59.6 Å². The monoisotopic (exact) mass is 285 g/mol. The van der Waals surface area contributed by atoms with Gasteiger partial charge in [-0.15, -0.1) is 0 Å². The average molecular weight is 286 g/mol. The van der Waals surface area contributed by atoms with Crippen molar-refractivity contribution >= 4 is 23.5 Å². The minimum atomic E-state index is -0.480. The summed E-state index contributed by atoms with van der Waals surface area (Å²) >= 11 is 5.84. The summed E-state index contributed by atoms with van der Waals surface area (Å²) in [6.07, 6.45) is 0.520. The molecule has 0 saturated carbocycles. The molecular formula is C16H12ClNO2. The van der Waals surface area contributed by atoms with Crippen molar-refractivity contribution in [3.8, 4) is 0 Å².